The van der Waals surface area contributed by atoms with E-state index in [-0.39, 0.29) is 10.6 Å². The smallest absolute Gasteiger partial charge is 0.292 e. The second kappa shape index (κ2) is 11.2. The van der Waals surface area contributed by atoms with Gasteiger partial charge in [-0.1, -0.05) is 33.8 Å². The molecule has 0 atom stereocenters. The molecule has 0 saturated carbocycles. The molecule has 0 aliphatic heterocycles. The molecule has 0 radical (unpaired) electrons. The first-order valence-electron chi connectivity index (χ1n) is 6.15. The highest BCUT2D eigenvalue weighted by atomic mass is 16.6. The van der Waals surface area contributed by atoms with Crippen molar-refractivity contribution >= 4 is 12.2 Å². The van der Waals surface area contributed by atoms with E-state index in [1.165, 1.54) is 12.7 Å². The third kappa shape index (κ3) is 7.91. The van der Waals surface area contributed by atoms with Crippen molar-refractivity contribution in [3.8, 4) is 0 Å². The first-order valence-corrected chi connectivity index (χ1v) is 6.15. The zero-order valence-electron chi connectivity index (χ0n) is 12.5. The number of nitro benzene ring substituents is 1. The zero-order valence-corrected chi connectivity index (χ0v) is 12.5. The van der Waals surface area contributed by atoms with E-state index in [9.17, 15) is 10.1 Å². The molecule has 5 heteroatoms. The fraction of sp³-hybridized carbons (Fsp3) is 0.500. The Hall–Kier alpha value is -1.91. The SMILES string of the molecule is CC.COC=O.Cc1cc([N+](=O)[O-])ccc1C(C)C. The van der Waals surface area contributed by atoms with Crippen molar-refractivity contribution in [3.05, 3.63) is 39.4 Å². The van der Waals surface area contributed by atoms with E-state index in [1.807, 2.05) is 26.8 Å². The first-order chi connectivity index (χ1) is 8.93. The summed E-state index contributed by atoms with van der Waals surface area (Å²) < 4.78 is 3.86. The Morgan fingerprint density at radius 3 is 2.05 bits per heavy atom. The Morgan fingerprint density at radius 2 is 1.79 bits per heavy atom. The van der Waals surface area contributed by atoms with Crippen LogP contribution in [-0.4, -0.2) is 18.5 Å². The van der Waals surface area contributed by atoms with Gasteiger partial charge in [0.05, 0.1) is 12.0 Å². The highest BCUT2D eigenvalue weighted by Gasteiger charge is 2.09. The maximum absolute atomic E-state index is 10.4. The second-order valence-electron chi connectivity index (χ2n) is 3.78. The average molecular weight is 269 g/mol. The molecular weight excluding hydrogens is 246 g/mol. The van der Waals surface area contributed by atoms with Gasteiger partial charge in [0.15, 0.2) is 0 Å². The molecule has 1 aromatic carbocycles. The molecule has 0 amide bonds. The summed E-state index contributed by atoms with van der Waals surface area (Å²) in [5.41, 5.74) is 2.33. The number of non-ortho nitro benzene ring substituents is 1. The van der Waals surface area contributed by atoms with Crippen molar-refractivity contribution in [2.24, 2.45) is 0 Å². The molecule has 0 bridgehead atoms. The van der Waals surface area contributed by atoms with Crippen molar-refractivity contribution in [2.75, 3.05) is 7.11 Å². The van der Waals surface area contributed by atoms with Gasteiger partial charge in [-0.2, -0.15) is 0 Å². The molecular formula is C14H23NO4. The molecule has 0 aliphatic carbocycles. The predicted octanol–water partition coefficient (Wildman–Crippen LogP) is 3.84. The molecule has 19 heavy (non-hydrogen) atoms. The van der Waals surface area contributed by atoms with Gasteiger partial charge in [0, 0.05) is 12.1 Å². The molecule has 1 rings (SSSR count). The Balaban J connectivity index is 0. The predicted molar refractivity (Wildman–Crippen MR) is 76.3 cm³/mol. The van der Waals surface area contributed by atoms with Gasteiger partial charge in [-0.3, -0.25) is 14.9 Å². The van der Waals surface area contributed by atoms with Crippen LogP contribution >= 0.6 is 0 Å². The zero-order chi connectivity index (χ0) is 15.4. The van der Waals surface area contributed by atoms with Crippen molar-refractivity contribution in [3.63, 3.8) is 0 Å². The Morgan fingerprint density at radius 1 is 1.32 bits per heavy atom. The number of benzene rings is 1. The van der Waals surface area contributed by atoms with E-state index in [1.54, 1.807) is 12.1 Å². The molecule has 0 spiro atoms. The Bertz CT molecular complexity index is 389. The molecule has 108 valence electrons. The topological polar surface area (TPSA) is 69.4 Å². The van der Waals surface area contributed by atoms with Crippen LogP contribution in [0.1, 0.15) is 44.7 Å². The maximum atomic E-state index is 10.4. The van der Waals surface area contributed by atoms with E-state index in [0.29, 0.717) is 12.4 Å². The van der Waals surface area contributed by atoms with Gasteiger partial charge in [-0.15, -0.1) is 0 Å². The van der Waals surface area contributed by atoms with Crippen molar-refractivity contribution in [1.29, 1.82) is 0 Å². The summed E-state index contributed by atoms with van der Waals surface area (Å²) in [6, 6.07) is 5.01. The monoisotopic (exact) mass is 269 g/mol. The minimum absolute atomic E-state index is 0.168. The van der Waals surface area contributed by atoms with Gasteiger partial charge >= 0.3 is 0 Å². The van der Waals surface area contributed by atoms with Crippen molar-refractivity contribution in [1.82, 2.24) is 0 Å². The molecule has 1 aromatic rings. The molecule has 0 saturated heterocycles. The lowest BCUT2D eigenvalue weighted by Crippen LogP contribution is -1.94. The van der Waals surface area contributed by atoms with E-state index >= 15 is 0 Å². The van der Waals surface area contributed by atoms with E-state index < -0.39 is 0 Å². The first kappa shape index (κ1) is 19.4. The van der Waals surface area contributed by atoms with Crippen LogP contribution in [0.15, 0.2) is 18.2 Å². The normalized spacial score (nSPS) is 8.58. The summed E-state index contributed by atoms with van der Waals surface area (Å²) in [7, 11) is 1.31. The lowest BCUT2D eigenvalue weighted by Gasteiger charge is -2.08. The van der Waals surface area contributed by atoms with Gasteiger partial charge in [-0.25, -0.2) is 0 Å². The minimum atomic E-state index is -0.364. The molecule has 0 N–H and O–H groups in total. The maximum Gasteiger partial charge on any atom is 0.292 e. The number of carbonyl (C=O) groups is 1. The second-order valence-corrected chi connectivity index (χ2v) is 3.78. The number of nitro groups is 1. The quantitative estimate of drug-likeness (QED) is 0.475. The number of hydrogen-bond acceptors (Lipinski definition) is 4. The number of hydrogen-bond donors (Lipinski definition) is 0. The summed E-state index contributed by atoms with van der Waals surface area (Å²) in [6.07, 6.45) is 0. The standard InChI is InChI=1S/C10H13NO2.C2H4O2.C2H6/c1-7(2)10-5-4-9(11(12)13)6-8(10)3;1-4-2-3;1-2/h4-7H,1-3H3;2H,1H3;1-2H3. The summed E-state index contributed by atoms with van der Waals surface area (Å²) >= 11 is 0. The van der Waals surface area contributed by atoms with E-state index in [0.717, 1.165) is 5.56 Å². The Kier molecular flexibility index (Phi) is 11.4. The van der Waals surface area contributed by atoms with Crippen LogP contribution in [0, 0.1) is 17.0 Å². The third-order valence-corrected chi connectivity index (χ3v) is 2.18. The summed E-state index contributed by atoms with van der Waals surface area (Å²) in [4.78, 5) is 19.0. The van der Waals surface area contributed by atoms with Gasteiger partial charge in [0.25, 0.3) is 12.2 Å². The number of methoxy groups -OCH3 is 1. The lowest BCUT2D eigenvalue weighted by molar-refractivity contribution is -0.384. The fourth-order valence-electron chi connectivity index (χ4n) is 1.42. The van der Waals surface area contributed by atoms with Crippen LogP contribution in [0.25, 0.3) is 0 Å². The van der Waals surface area contributed by atoms with Gasteiger partial charge in [0.1, 0.15) is 0 Å². The lowest BCUT2D eigenvalue weighted by atomic mass is 9.98. The van der Waals surface area contributed by atoms with Gasteiger partial charge < -0.3 is 4.74 Å². The van der Waals surface area contributed by atoms with Crippen LogP contribution in [0.3, 0.4) is 0 Å². The van der Waals surface area contributed by atoms with Crippen molar-refractivity contribution in [2.45, 2.75) is 40.5 Å². The average Bonchev–Trinajstić information content (AvgIpc) is 2.40. The summed E-state index contributed by atoms with van der Waals surface area (Å²) in [5, 5.41) is 10.4. The summed E-state index contributed by atoms with van der Waals surface area (Å²) in [6.45, 7) is 10.4. The third-order valence-electron chi connectivity index (χ3n) is 2.18. The molecule has 0 aliphatic rings. The van der Waals surface area contributed by atoms with Crippen LogP contribution in [0.2, 0.25) is 0 Å². The molecule has 0 unspecified atom stereocenters. The number of nitrogens with zero attached hydrogens (tertiary/aromatic N) is 1. The minimum Gasteiger partial charge on any atom is -0.471 e. The number of carbonyl (C=O) groups excluding carboxylic acids is 1. The number of ether oxygens (including phenoxy) is 1. The van der Waals surface area contributed by atoms with Gasteiger partial charge in [0.2, 0.25) is 0 Å². The van der Waals surface area contributed by atoms with Crippen LogP contribution in [0.5, 0.6) is 0 Å². The fourth-order valence-corrected chi connectivity index (χ4v) is 1.42. The molecule has 0 heterocycles. The largest absolute Gasteiger partial charge is 0.471 e. The Labute approximate surface area is 114 Å². The van der Waals surface area contributed by atoms with Gasteiger partial charge in [-0.05, 0) is 24.0 Å². The van der Waals surface area contributed by atoms with Crippen molar-refractivity contribution < 1.29 is 14.5 Å². The highest BCUT2D eigenvalue weighted by Crippen LogP contribution is 2.22. The molecule has 0 aromatic heterocycles. The van der Waals surface area contributed by atoms with Crippen LogP contribution < -0.4 is 0 Å². The molecule has 5 nitrogen and oxygen atoms in total. The number of aryl methyl sites for hydroxylation is 1. The van der Waals surface area contributed by atoms with Crippen LogP contribution in [-0.2, 0) is 9.53 Å². The number of rotatable bonds is 3. The van der Waals surface area contributed by atoms with E-state index in [2.05, 4.69) is 18.6 Å². The van der Waals surface area contributed by atoms with E-state index in [4.69, 9.17) is 4.79 Å². The summed E-state index contributed by atoms with van der Waals surface area (Å²) in [5.74, 6) is 0.417. The highest BCUT2D eigenvalue weighted by molar-refractivity contribution is 5.40. The molecule has 0 fully saturated rings. The van der Waals surface area contributed by atoms with Crippen LogP contribution in [0.4, 0.5) is 5.69 Å².